The van der Waals surface area contributed by atoms with Crippen LogP contribution < -0.4 is 10.1 Å². The second-order valence-electron chi connectivity index (χ2n) is 3.30. The minimum Gasteiger partial charge on any atom is -0.495 e. The predicted molar refractivity (Wildman–Crippen MR) is 70.0 cm³/mol. The van der Waals surface area contributed by atoms with E-state index in [0.29, 0.717) is 21.5 Å². The van der Waals surface area contributed by atoms with Gasteiger partial charge in [-0.25, -0.2) is 4.68 Å². The van der Waals surface area contributed by atoms with Gasteiger partial charge in [0.15, 0.2) is 0 Å². The molecule has 0 spiro atoms. The first-order valence-electron chi connectivity index (χ1n) is 4.77. The number of aryl methyl sites for hydroxylation is 1. The van der Waals surface area contributed by atoms with Crippen molar-refractivity contribution in [3.63, 3.8) is 0 Å². The Bertz CT molecular complexity index is 543. The van der Waals surface area contributed by atoms with Crippen LogP contribution in [0, 0.1) is 0 Å². The molecular formula is C10H10BrClN4O. The number of benzene rings is 1. The third-order valence-corrected chi connectivity index (χ3v) is 2.79. The van der Waals surface area contributed by atoms with Crippen LogP contribution >= 0.6 is 27.5 Å². The fourth-order valence-electron chi connectivity index (χ4n) is 1.33. The van der Waals surface area contributed by atoms with Crippen LogP contribution in [0.25, 0.3) is 0 Å². The monoisotopic (exact) mass is 316 g/mol. The largest absolute Gasteiger partial charge is 0.495 e. The number of methoxy groups -OCH3 is 1. The number of nitrogens with zero attached hydrogens (tertiary/aromatic N) is 3. The SMILES string of the molecule is COc1cc(Nc2nc(Br)nn2C)ccc1Cl. The van der Waals surface area contributed by atoms with Gasteiger partial charge in [-0.1, -0.05) is 11.6 Å². The topological polar surface area (TPSA) is 52.0 Å². The number of anilines is 2. The molecule has 5 nitrogen and oxygen atoms in total. The molecule has 0 aliphatic carbocycles. The molecular weight excluding hydrogens is 307 g/mol. The summed E-state index contributed by atoms with van der Waals surface area (Å²) in [6.07, 6.45) is 0. The molecule has 7 heteroatoms. The van der Waals surface area contributed by atoms with Gasteiger partial charge >= 0.3 is 0 Å². The van der Waals surface area contributed by atoms with Gasteiger partial charge in [-0.15, -0.1) is 5.10 Å². The minimum absolute atomic E-state index is 0.531. The first kappa shape index (κ1) is 12.2. The Hall–Kier alpha value is -1.27. The number of ether oxygens (including phenoxy) is 1. The summed E-state index contributed by atoms with van der Waals surface area (Å²) in [5.74, 6) is 1.24. The van der Waals surface area contributed by atoms with Gasteiger partial charge in [-0.3, -0.25) is 0 Å². The molecule has 0 aliphatic heterocycles. The molecule has 0 radical (unpaired) electrons. The second-order valence-corrected chi connectivity index (χ2v) is 4.42. The average molecular weight is 318 g/mol. The fourth-order valence-corrected chi connectivity index (χ4v) is 1.93. The lowest BCUT2D eigenvalue weighted by Gasteiger charge is -2.08. The van der Waals surface area contributed by atoms with E-state index in [4.69, 9.17) is 16.3 Å². The molecule has 2 rings (SSSR count). The molecule has 0 atom stereocenters. The van der Waals surface area contributed by atoms with Crippen LogP contribution in [0.1, 0.15) is 0 Å². The second kappa shape index (κ2) is 4.93. The number of nitrogens with one attached hydrogen (secondary N) is 1. The van der Waals surface area contributed by atoms with Gasteiger partial charge in [0.25, 0.3) is 0 Å². The van der Waals surface area contributed by atoms with Crippen molar-refractivity contribution in [1.82, 2.24) is 14.8 Å². The van der Waals surface area contributed by atoms with E-state index in [2.05, 4.69) is 31.3 Å². The van der Waals surface area contributed by atoms with Crippen LogP contribution in [0.5, 0.6) is 5.75 Å². The Kier molecular flexibility index (Phi) is 3.54. The first-order chi connectivity index (χ1) is 8.10. The highest BCUT2D eigenvalue weighted by molar-refractivity contribution is 9.10. The quantitative estimate of drug-likeness (QED) is 0.945. The number of halogens is 2. The zero-order valence-corrected chi connectivity index (χ0v) is 11.6. The van der Waals surface area contributed by atoms with Gasteiger partial charge in [0.1, 0.15) is 5.75 Å². The highest BCUT2D eigenvalue weighted by atomic mass is 79.9. The highest BCUT2D eigenvalue weighted by Crippen LogP contribution is 2.28. The van der Waals surface area contributed by atoms with E-state index in [-0.39, 0.29) is 0 Å². The fraction of sp³-hybridized carbons (Fsp3) is 0.200. The van der Waals surface area contributed by atoms with E-state index >= 15 is 0 Å². The number of hydrogen-bond donors (Lipinski definition) is 1. The van der Waals surface area contributed by atoms with Crippen molar-refractivity contribution < 1.29 is 4.74 Å². The van der Waals surface area contributed by atoms with Crippen LogP contribution in [0.4, 0.5) is 11.6 Å². The van der Waals surface area contributed by atoms with Gasteiger partial charge in [-0.05, 0) is 28.1 Å². The smallest absolute Gasteiger partial charge is 0.226 e. The maximum absolute atomic E-state index is 5.94. The molecule has 0 saturated carbocycles. The summed E-state index contributed by atoms with van der Waals surface area (Å²) in [4.78, 5) is 4.17. The summed E-state index contributed by atoms with van der Waals surface area (Å²) in [6, 6.07) is 5.40. The number of hydrogen-bond acceptors (Lipinski definition) is 4. The van der Waals surface area contributed by atoms with Gasteiger partial charge in [0, 0.05) is 18.8 Å². The molecule has 0 saturated heterocycles. The predicted octanol–water partition coefficient (Wildman–Crippen LogP) is 2.98. The maximum atomic E-state index is 5.94. The van der Waals surface area contributed by atoms with Gasteiger partial charge in [0.2, 0.25) is 10.7 Å². The molecule has 0 bridgehead atoms. The molecule has 2 aromatic rings. The lowest BCUT2D eigenvalue weighted by atomic mass is 10.3. The molecule has 17 heavy (non-hydrogen) atoms. The van der Waals surface area contributed by atoms with E-state index in [9.17, 15) is 0 Å². The zero-order valence-electron chi connectivity index (χ0n) is 9.24. The molecule has 1 N–H and O–H groups in total. The van der Waals surface area contributed by atoms with E-state index in [1.54, 1.807) is 31.0 Å². The van der Waals surface area contributed by atoms with E-state index in [1.165, 1.54) is 0 Å². The van der Waals surface area contributed by atoms with E-state index in [1.807, 2.05) is 6.07 Å². The average Bonchev–Trinajstić information content (AvgIpc) is 2.60. The van der Waals surface area contributed by atoms with Crippen molar-refractivity contribution in [3.05, 3.63) is 28.0 Å². The van der Waals surface area contributed by atoms with Gasteiger partial charge in [0.05, 0.1) is 12.1 Å². The van der Waals surface area contributed by atoms with Crippen LogP contribution in [0.15, 0.2) is 22.9 Å². The molecule has 1 aromatic carbocycles. The summed E-state index contributed by atoms with van der Waals surface area (Å²) in [6.45, 7) is 0. The summed E-state index contributed by atoms with van der Waals surface area (Å²) in [7, 11) is 3.37. The Morgan fingerprint density at radius 2 is 2.24 bits per heavy atom. The van der Waals surface area contributed by atoms with Crippen LogP contribution in [-0.4, -0.2) is 21.9 Å². The molecule has 0 aliphatic rings. The molecule has 0 fully saturated rings. The lowest BCUT2D eigenvalue weighted by molar-refractivity contribution is 0.415. The summed E-state index contributed by atoms with van der Waals surface area (Å²) < 4.78 is 7.30. The minimum atomic E-state index is 0.531. The summed E-state index contributed by atoms with van der Waals surface area (Å²) >= 11 is 9.15. The Morgan fingerprint density at radius 3 is 2.82 bits per heavy atom. The van der Waals surface area contributed by atoms with Crippen molar-refractivity contribution in [2.75, 3.05) is 12.4 Å². The van der Waals surface area contributed by atoms with Crippen molar-refractivity contribution in [2.45, 2.75) is 0 Å². The summed E-state index contributed by atoms with van der Waals surface area (Å²) in [5, 5.41) is 7.75. The Balaban J connectivity index is 2.27. The third kappa shape index (κ3) is 2.70. The van der Waals surface area contributed by atoms with Gasteiger partial charge in [-0.2, -0.15) is 4.98 Å². The zero-order chi connectivity index (χ0) is 12.4. The maximum Gasteiger partial charge on any atom is 0.226 e. The standard InChI is InChI=1S/C10H10BrClN4O/c1-16-10(14-9(11)15-16)13-6-3-4-7(12)8(5-6)17-2/h3-5H,1-2H3,(H,13,14,15). The number of rotatable bonds is 3. The van der Waals surface area contributed by atoms with E-state index < -0.39 is 0 Å². The Morgan fingerprint density at radius 1 is 1.47 bits per heavy atom. The lowest BCUT2D eigenvalue weighted by Crippen LogP contribution is -2.00. The first-order valence-corrected chi connectivity index (χ1v) is 5.94. The molecule has 1 aromatic heterocycles. The summed E-state index contributed by atoms with van der Waals surface area (Å²) in [5.41, 5.74) is 0.828. The molecule has 0 unspecified atom stereocenters. The van der Waals surface area contributed by atoms with Crippen LogP contribution in [-0.2, 0) is 7.05 Å². The van der Waals surface area contributed by atoms with Crippen molar-refractivity contribution in [2.24, 2.45) is 7.05 Å². The van der Waals surface area contributed by atoms with Crippen molar-refractivity contribution in [1.29, 1.82) is 0 Å². The molecule has 1 heterocycles. The molecule has 0 amide bonds. The number of aromatic nitrogens is 3. The van der Waals surface area contributed by atoms with Crippen LogP contribution in [0.3, 0.4) is 0 Å². The van der Waals surface area contributed by atoms with Crippen LogP contribution in [0.2, 0.25) is 5.02 Å². The van der Waals surface area contributed by atoms with Gasteiger partial charge < -0.3 is 10.1 Å². The highest BCUT2D eigenvalue weighted by Gasteiger charge is 2.07. The Labute approximate surface area is 112 Å². The normalized spacial score (nSPS) is 10.4. The third-order valence-electron chi connectivity index (χ3n) is 2.14. The molecule has 90 valence electrons. The van der Waals surface area contributed by atoms with Crippen molar-refractivity contribution >= 4 is 39.2 Å². The van der Waals surface area contributed by atoms with Crippen molar-refractivity contribution in [3.8, 4) is 5.75 Å². The van der Waals surface area contributed by atoms with E-state index in [0.717, 1.165) is 5.69 Å².